The molecule has 0 bridgehead atoms. The molecule has 0 spiro atoms. The van der Waals surface area contributed by atoms with E-state index in [1.165, 1.54) is 18.2 Å². The summed E-state index contributed by atoms with van der Waals surface area (Å²) in [5.41, 5.74) is 2.22. The normalized spacial score (nSPS) is 13.3. The van der Waals surface area contributed by atoms with Crippen molar-refractivity contribution < 1.29 is 23.9 Å². The van der Waals surface area contributed by atoms with Gasteiger partial charge in [-0.3, -0.25) is 14.4 Å². The van der Waals surface area contributed by atoms with Gasteiger partial charge in [0.1, 0.15) is 10.7 Å². The number of benzene rings is 3. The Hall–Kier alpha value is -4.14. The average molecular weight is 552 g/mol. The quantitative estimate of drug-likeness (QED) is 0.279. The highest BCUT2D eigenvalue weighted by atomic mass is 35.5. The number of esters is 1. The molecule has 0 radical (unpaired) electrons. The van der Waals surface area contributed by atoms with Gasteiger partial charge in [0, 0.05) is 22.0 Å². The molecule has 2 N–H and O–H groups in total. The van der Waals surface area contributed by atoms with Crippen LogP contribution in [0.5, 0.6) is 0 Å². The molecule has 8 nitrogen and oxygen atoms in total. The Morgan fingerprint density at radius 3 is 2.24 bits per heavy atom. The Kier molecular flexibility index (Phi) is 7.85. The zero-order valence-electron chi connectivity index (χ0n) is 20.7. The predicted octanol–water partition coefficient (Wildman–Crippen LogP) is 5.90. The van der Waals surface area contributed by atoms with E-state index in [-0.39, 0.29) is 22.4 Å². The minimum absolute atomic E-state index is 0.120. The Labute approximate surface area is 229 Å². The molecule has 194 valence electrons. The molecule has 0 aliphatic carbocycles. The summed E-state index contributed by atoms with van der Waals surface area (Å²) in [4.78, 5) is 52.0. The lowest BCUT2D eigenvalue weighted by atomic mass is 10.1. The summed E-state index contributed by atoms with van der Waals surface area (Å²) in [6.45, 7) is 5.24. The van der Waals surface area contributed by atoms with Gasteiger partial charge in [0.2, 0.25) is 0 Å². The van der Waals surface area contributed by atoms with Crippen molar-refractivity contribution in [3.05, 3.63) is 99.2 Å². The molecule has 38 heavy (non-hydrogen) atoms. The number of aryl methyl sites for hydroxylation is 1. The number of rotatable bonds is 7. The zero-order valence-corrected chi connectivity index (χ0v) is 22.2. The molecule has 1 aliphatic rings. The van der Waals surface area contributed by atoms with E-state index < -0.39 is 23.7 Å². The molecule has 3 aromatic rings. The lowest BCUT2D eigenvalue weighted by molar-refractivity contribution is -0.120. The second kappa shape index (κ2) is 11.1. The van der Waals surface area contributed by atoms with Crippen LogP contribution in [0.3, 0.4) is 0 Å². The molecule has 0 atom stereocenters. The second-order valence-corrected chi connectivity index (χ2v) is 9.57. The fourth-order valence-corrected chi connectivity index (χ4v) is 4.12. The third-order valence-electron chi connectivity index (χ3n) is 5.53. The van der Waals surface area contributed by atoms with Crippen LogP contribution in [-0.2, 0) is 14.3 Å². The van der Waals surface area contributed by atoms with Crippen molar-refractivity contribution >= 4 is 64.0 Å². The molecule has 0 fully saturated rings. The number of amides is 3. The molecular weight excluding hydrogens is 529 g/mol. The van der Waals surface area contributed by atoms with E-state index in [0.29, 0.717) is 33.2 Å². The molecule has 1 heterocycles. The molecule has 10 heteroatoms. The Morgan fingerprint density at radius 2 is 1.53 bits per heavy atom. The van der Waals surface area contributed by atoms with Crippen molar-refractivity contribution in [2.45, 2.75) is 26.9 Å². The average Bonchev–Trinajstić information content (AvgIpc) is 3.08. The van der Waals surface area contributed by atoms with Gasteiger partial charge in [0.25, 0.3) is 17.7 Å². The molecular formula is C28H23Cl2N3O5. The number of carbonyl (C=O) groups is 4. The summed E-state index contributed by atoms with van der Waals surface area (Å²) in [7, 11) is 0. The van der Waals surface area contributed by atoms with Gasteiger partial charge in [0.05, 0.1) is 17.4 Å². The summed E-state index contributed by atoms with van der Waals surface area (Å²) < 4.78 is 5.20. The number of hydrogen-bond donors (Lipinski definition) is 2. The van der Waals surface area contributed by atoms with Gasteiger partial charge in [-0.05, 0) is 74.9 Å². The highest BCUT2D eigenvalue weighted by Gasteiger charge is 2.39. The number of imide groups is 1. The Bertz CT molecular complexity index is 1500. The minimum Gasteiger partial charge on any atom is -0.459 e. The fraction of sp³-hybridized carbons (Fsp3) is 0.143. The van der Waals surface area contributed by atoms with Crippen LogP contribution in [0, 0.1) is 6.92 Å². The van der Waals surface area contributed by atoms with E-state index in [9.17, 15) is 19.2 Å². The fourth-order valence-electron chi connectivity index (χ4n) is 3.75. The molecule has 3 aromatic carbocycles. The SMILES string of the molecule is Cc1ccc(Cl)cc1N1C(=O)C(Cl)=C(Nc2cccc(C(=O)Nc3cccc(C(=O)OC(C)C)c3)c2)C1=O. The lowest BCUT2D eigenvalue weighted by Gasteiger charge is -2.18. The van der Waals surface area contributed by atoms with Crippen molar-refractivity contribution in [2.75, 3.05) is 15.5 Å². The third kappa shape index (κ3) is 5.72. The van der Waals surface area contributed by atoms with Gasteiger partial charge >= 0.3 is 5.97 Å². The molecule has 0 saturated carbocycles. The van der Waals surface area contributed by atoms with Crippen molar-refractivity contribution in [2.24, 2.45) is 0 Å². The topological polar surface area (TPSA) is 105 Å². The number of hydrogen-bond acceptors (Lipinski definition) is 6. The van der Waals surface area contributed by atoms with Gasteiger partial charge in [0.15, 0.2) is 0 Å². The number of carbonyl (C=O) groups excluding carboxylic acids is 4. The minimum atomic E-state index is -0.686. The number of anilines is 3. The first-order valence-corrected chi connectivity index (χ1v) is 12.3. The van der Waals surface area contributed by atoms with Gasteiger partial charge in [-0.2, -0.15) is 0 Å². The van der Waals surface area contributed by atoms with Crippen molar-refractivity contribution in [1.29, 1.82) is 0 Å². The summed E-state index contributed by atoms with van der Waals surface area (Å²) in [6.07, 6.45) is -0.275. The van der Waals surface area contributed by atoms with E-state index in [2.05, 4.69) is 10.6 Å². The smallest absolute Gasteiger partial charge is 0.338 e. The summed E-state index contributed by atoms with van der Waals surface area (Å²) in [5, 5.41) is 5.69. The van der Waals surface area contributed by atoms with E-state index in [4.69, 9.17) is 27.9 Å². The number of nitrogens with one attached hydrogen (secondary N) is 2. The van der Waals surface area contributed by atoms with Crippen LogP contribution in [0.2, 0.25) is 5.02 Å². The maximum Gasteiger partial charge on any atom is 0.338 e. The van der Waals surface area contributed by atoms with Crippen LogP contribution in [0.15, 0.2) is 77.5 Å². The van der Waals surface area contributed by atoms with Crippen LogP contribution in [0.1, 0.15) is 40.1 Å². The van der Waals surface area contributed by atoms with Crippen LogP contribution in [0.25, 0.3) is 0 Å². The second-order valence-electron chi connectivity index (χ2n) is 8.76. The van der Waals surface area contributed by atoms with E-state index in [1.54, 1.807) is 69.3 Å². The Balaban J connectivity index is 1.51. The van der Waals surface area contributed by atoms with E-state index in [0.717, 1.165) is 4.90 Å². The summed E-state index contributed by atoms with van der Waals surface area (Å²) in [6, 6.07) is 17.6. The van der Waals surface area contributed by atoms with E-state index in [1.807, 2.05) is 0 Å². The van der Waals surface area contributed by atoms with Crippen LogP contribution in [-0.4, -0.2) is 29.8 Å². The molecule has 4 rings (SSSR count). The zero-order chi connectivity index (χ0) is 27.6. The lowest BCUT2D eigenvalue weighted by Crippen LogP contribution is -2.32. The standard InChI is InChI=1S/C28H23Cl2N3O5/c1-15(2)38-28(37)18-7-5-9-21(13-18)32-25(34)17-6-4-8-20(12-17)31-24-23(30)26(35)33(27(24)36)22-14-19(29)11-10-16(22)3/h4-15,31H,1-3H3,(H,32,34). The van der Waals surface area contributed by atoms with Gasteiger partial charge < -0.3 is 15.4 Å². The summed E-state index contributed by atoms with van der Waals surface area (Å²) in [5.74, 6) is -2.28. The third-order valence-corrected chi connectivity index (χ3v) is 6.12. The first-order valence-electron chi connectivity index (χ1n) is 11.6. The van der Waals surface area contributed by atoms with Gasteiger partial charge in [-0.25, -0.2) is 9.69 Å². The van der Waals surface area contributed by atoms with Crippen LogP contribution < -0.4 is 15.5 Å². The highest BCUT2D eigenvalue weighted by molar-refractivity contribution is 6.53. The molecule has 3 amide bonds. The Morgan fingerprint density at radius 1 is 0.868 bits per heavy atom. The monoisotopic (exact) mass is 551 g/mol. The van der Waals surface area contributed by atoms with Gasteiger partial charge in [-0.1, -0.05) is 41.4 Å². The first-order chi connectivity index (χ1) is 18.0. The number of halogens is 2. The summed E-state index contributed by atoms with van der Waals surface area (Å²) >= 11 is 12.3. The largest absolute Gasteiger partial charge is 0.459 e. The van der Waals surface area contributed by atoms with E-state index >= 15 is 0 Å². The maximum atomic E-state index is 13.1. The predicted molar refractivity (Wildman–Crippen MR) is 147 cm³/mol. The molecule has 1 aliphatic heterocycles. The van der Waals surface area contributed by atoms with Gasteiger partial charge in [-0.15, -0.1) is 0 Å². The number of nitrogens with zero attached hydrogens (tertiary/aromatic N) is 1. The van der Waals surface area contributed by atoms with Crippen molar-refractivity contribution in [3.63, 3.8) is 0 Å². The van der Waals surface area contributed by atoms with Crippen molar-refractivity contribution in [1.82, 2.24) is 0 Å². The first kappa shape index (κ1) is 26.9. The molecule has 0 unspecified atom stereocenters. The van der Waals surface area contributed by atoms with Crippen LogP contribution >= 0.6 is 23.2 Å². The maximum absolute atomic E-state index is 13.1. The molecule has 0 aromatic heterocycles. The van der Waals surface area contributed by atoms with Crippen LogP contribution in [0.4, 0.5) is 17.1 Å². The van der Waals surface area contributed by atoms with Crippen molar-refractivity contribution in [3.8, 4) is 0 Å². The highest BCUT2D eigenvalue weighted by Crippen LogP contribution is 2.33. The number of ether oxygens (including phenoxy) is 1. The molecule has 0 saturated heterocycles.